The van der Waals surface area contributed by atoms with Crippen LogP contribution in [0.4, 0.5) is 5.69 Å². The summed E-state index contributed by atoms with van der Waals surface area (Å²) in [5.74, 6) is 2.44. The van der Waals surface area contributed by atoms with E-state index >= 15 is 0 Å². The van der Waals surface area contributed by atoms with Crippen LogP contribution in [-0.4, -0.2) is 43.5 Å². The molecule has 1 spiro atoms. The molecule has 1 unspecified atom stereocenters. The highest BCUT2D eigenvalue weighted by Crippen LogP contribution is 2.63. The molecule has 0 aromatic heterocycles. The van der Waals surface area contributed by atoms with Crippen LogP contribution in [0.1, 0.15) is 30.4 Å². The SMILES string of the molecule is COc1ccc2c3c1OC1/C(=N/Nc4ccccc4)CC[C@H]4[C@@H](C2)N(C)CC[C@]314. The van der Waals surface area contributed by atoms with Gasteiger partial charge in [-0.25, -0.2) is 0 Å². The second kappa shape index (κ2) is 6.23. The Labute approximate surface area is 171 Å². The van der Waals surface area contributed by atoms with Gasteiger partial charge in [0.05, 0.1) is 18.5 Å². The predicted molar refractivity (Wildman–Crippen MR) is 114 cm³/mol. The van der Waals surface area contributed by atoms with Crippen molar-refractivity contribution in [3.8, 4) is 11.5 Å². The Hall–Kier alpha value is -2.53. The van der Waals surface area contributed by atoms with Gasteiger partial charge >= 0.3 is 0 Å². The molecule has 150 valence electrons. The maximum absolute atomic E-state index is 6.72. The van der Waals surface area contributed by atoms with Crippen LogP contribution in [-0.2, 0) is 11.8 Å². The quantitative estimate of drug-likeness (QED) is 0.811. The molecule has 2 aliphatic heterocycles. The molecule has 1 saturated heterocycles. The Kier molecular flexibility index (Phi) is 3.73. The molecular weight excluding hydrogens is 362 g/mol. The Morgan fingerprint density at radius 3 is 2.90 bits per heavy atom. The first-order chi connectivity index (χ1) is 14.2. The van der Waals surface area contributed by atoms with Crippen LogP contribution >= 0.6 is 0 Å². The van der Waals surface area contributed by atoms with Gasteiger partial charge in [0.2, 0.25) is 0 Å². The molecule has 2 aromatic carbocycles. The van der Waals surface area contributed by atoms with Crippen molar-refractivity contribution in [3.05, 3.63) is 53.6 Å². The Morgan fingerprint density at radius 2 is 2.07 bits per heavy atom. The average Bonchev–Trinajstić information content (AvgIpc) is 3.11. The number of methoxy groups -OCH3 is 1. The molecular formula is C24H27N3O2. The molecule has 5 heteroatoms. The summed E-state index contributed by atoms with van der Waals surface area (Å²) < 4.78 is 12.4. The Morgan fingerprint density at radius 1 is 1.21 bits per heavy atom. The summed E-state index contributed by atoms with van der Waals surface area (Å²) in [6.45, 7) is 1.11. The van der Waals surface area contributed by atoms with Crippen molar-refractivity contribution < 1.29 is 9.47 Å². The van der Waals surface area contributed by atoms with Gasteiger partial charge in [0.15, 0.2) is 11.5 Å². The van der Waals surface area contributed by atoms with Gasteiger partial charge in [0.25, 0.3) is 0 Å². The Balaban J connectivity index is 1.47. The highest BCUT2D eigenvalue weighted by atomic mass is 16.5. The molecule has 2 fully saturated rings. The number of benzene rings is 2. The molecule has 4 atom stereocenters. The lowest BCUT2D eigenvalue weighted by Crippen LogP contribution is -2.65. The topological polar surface area (TPSA) is 46.1 Å². The fourth-order valence-corrected chi connectivity index (χ4v) is 6.45. The number of nitrogens with zero attached hydrogens (tertiary/aromatic N) is 2. The maximum atomic E-state index is 6.72. The zero-order valence-corrected chi connectivity index (χ0v) is 17.0. The summed E-state index contributed by atoms with van der Waals surface area (Å²) in [5, 5.41) is 4.87. The molecule has 1 N–H and O–H groups in total. The largest absolute Gasteiger partial charge is 0.493 e. The summed E-state index contributed by atoms with van der Waals surface area (Å²) in [6.07, 6.45) is 4.37. The van der Waals surface area contributed by atoms with Crippen LogP contribution in [0.2, 0.25) is 0 Å². The van der Waals surface area contributed by atoms with E-state index in [-0.39, 0.29) is 11.5 Å². The van der Waals surface area contributed by atoms with E-state index in [0.717, 1.165) is 48.7 Å². The fraction of sp³-hybridized carbons (Fsp3) is 0.458. The summed E-state index contributed by atoms with van der Waals surface area (Å²) in [4.78, 5) is 2.57. The smallest absolute Gasteiger partial charge is 0.166 e. The van der Waals surface area contributed by atoms with Crippen molar-refractivity contribution >= 4 is 11.4 Å². The van der Waals surface area contributed by atoms with Gasteiger partial charge in [-0.05, 0) is 69.0 Å². The molecule has 5 nitrogen and oxygen atoms in total. The molecule has 4 aliphatic rings. The van der Waals surface area contributed by atoms with E-state index in [1.54, 1.807) is 7.11 Å². The van der Waals surface area contributed by atoms with Crippen LogP contribution in [0.25, 0.3) is 0 Å². The molecule has 6 rings (SSSR count). The van der Waals surface area contributed by atoms with Gasteiger partial charge in [-0.2, -0.15) is 5.10 Å². The number of piperidine rings is 1. The molecule has 29 heavy (non-hydrogen) atoms. The monoisotopic (exact) mass is 389 g/mol. The van der Waals surface area contributed by atoms with Gasteiger partial charge < -0.3 is 14.4 Å². The van der Waals surface area contributed by atoms with E-state index in [1.807, 2.05) is 30.3 Å². The van der Waals surface area contributed by atoms with Crippen molar-refractivity contribution in [1.29, 1.82) is 0 Å². The molecule has 2 aliphatic carbocycles. The third-order valence-electron chi connectivity index (χ3n) is 7.71. The number of hydrogen-bond acceptors (Lipinski definition) is 5. The van der Waals surface area contributed by atoms with Crippen molar-refractivity contribution in [2.24, 2.45) is 11.0 Å². The van der Waals surface area contributed by atoms with Gasteiger partial charge in [-0.15, -0.1) is 0 Å². The van der Waals surface area contributed by atoms with E-state index in [4.69, 9.17) is 14.6 Å². The molecule has 0 radical (unpaired) electrons. The van der Waals surface area contributed by atoms with Crippen molar-refractivity contribution in [1.82, 2.24) is 4.90 Å². The lowest BCUT2D eigenvalue weighted by molar-refractivity contribution is -0.00690. The van der Waals surface area contributed by atoms with Gasteiger partial charge in [0, 0.05) is 17.0 Å². The zero-order chi connectivity index (χ0) is 19.6. The van der Waals surface area contributed by atoms with Crippen LogP contribution in [0.3, 0.4) is 0 Å². The lowest BCUT2D eigenvalue weighted by Gasteiger charge is -2.57. The fourth-order valence-electron chi connectivity index (χ4n) is 6.45. The number of likely N-dealkylation sites (tertiary alicyclic amines) is 1. The predicted octanol–water partition coefficient (Wildman–Crippen LogP) is 3.83. The molecule has 2 bridgehead atoms. The van der Waals surface area contributed by atoms with E-state index in [2.05, 4.69) is 29.5 Å². The molecule has 2 heterocycles. The van der Waals surface area contributed by atoms with Crippen molar-refractivity contribution in [2.45, 2.75) is 43.2 Å². The summed E-state index contributed by atoms with van der Waals surface area (Å²) in [6, 6.07) is 15.1. The van der Waals surface area contributed by atoms with Gasteiger partial charge in [-0.1, -0.05) is 24.3 Å². The molecule has 2 aromatic rings. The average molecular weight is 389 g/mol. The standard InChI is InChI=1S/C24H27N3O2/c1-27-13-12-24-17-9-10-18(26-25-16-6-4-3-5-7-16)23(24)29-22-20(28-2)11-8-15(21(22)24)14-19(17)27/h3-8,11,17,19,23,25H,9-10,12-14H2,1-2H3/b26-18+/t17-,19+,23?,24-/m0/s1. The number of nitrogens with one attached hydrogen (secondary N) is 1. The highest BCUT2D eigenvalue weighted by molar-refractivity contribution is 5.94. The van der Waals surface area contributed by atoms with Crippen LogP contribution in [0.5, 0.6) is 11.5 Å². The minimum Gasteiger partial charge on any atom is -0.493 e. The second-order valence-electron chi connectivity index (χ2n) is 8.90. The van der Waals surface area contributed by atoms with Crippen molar-refractivity contribution in [2.75, 3.05) is 26.1 Å². The van der Waals surface area contributed by atoms with Crippen LogP contribution in [0, 0.1) is 5.92 Å². The Bertz CT molecular complexity index is 989. The minimum atomic E-state index is -0.000915. The summed E-state index contributed by atoms with van der Waals surface area (Å²) >= 11 is 0. The third kappa shape index (κ3) is 2.28. The number of rotatable bonds is 3. The van der Waals surface area contributed by atoms with Crippen LogP contribution in [0.15, 0.2) is 47.6 Å². The normalized spacial score (nSPS) is 33.2. The number of likely N-dealkylation sites (N-methyl/N-ethyl adjacent to an activating group) is 1. The third-order valence-corrected chi connectivity index (χ3v) is 7.71. The summed E-state index contributed by atoms with van der Waals surface area (Å²) in [5.41, 5.74) is 8.32. The first kappa shape index (κ1) is 17.3. The van der Waals surface area contributed by atoms with E-state index < -0.39 is 0 Å². The first-order valence-electron chi connectivity index (χ1n) is 10.7. The van der Waals surface area contributed by atoms with E-state index in [0.29, 0.717) is 12.0 Å². The maximum Gasteiger partial charge on any atom is 0.166 e. The van der Waals surface area contributed by atoms with E-state index in [1.165, 1.54) is 17.5 Å². The second-order valence-corrected chi connectivity index (χ2v) is 8.90. The zero-order valence-electron chi connectivity index (χ0n) is 17.0. The number of hydrogen-bond donors (Lipinski definition) is 1. The number of anilines is 1. The summed E-state index contributed by atoms with van der Waals surface area (Å²) in [7, 11) is 4.03. The lowest BCUT2D eigenvalue weighted by atomic mass is 9.51. The van der Waals surface area contributed by atoms with Gasteiger partial charge in [0.1, 0.15) is 6.10 Å². The number of para-hydroxylation sites is 1. The first-order valence-corrected chi connectivity index (χ1v) is 10.7. The molecule has 1 saturated carbocycles. The number of ether oxygens (including phenoxy) is 2. The van der Waals surface area contributed by atoms with E-state index in [9.17, 15) is 0 Å². The minimum absolute atomic E-state index is 0.000915. The van der Waals surface area contributed by atoms with Crippen molar-refractivity contribution in [3.63, 3.8) is 0 Å². The highest BCUT2D eigenvalue weighted by Gasteiger charge is 2.65. The van der Waals surface area contributed by atoms with Crippen LogP contribution < -0.4 is 14.9 Å². The molecule has 0 amide bonds. The van der Waals surface area contributed by atoms with Gasteiger partial charge in [-0.3, -0.25) is 5.43 Å². The number of hydrazone groups is 1.